The second-order valence-corrected chi connectivity index (χ2v) is 5.31. The van der Waals surface area contributed by atoms with Crippen LogP contribution in [0.15, 0.2) is 34.7 Å². The van der Waals surface area contributed by atoms with Crippen molar-refractivity contribution < 1.29 is 19.1 Å². The summed E-state index contributed by atoms with van der Waals surface area (Å²) in [6, 6.07) is 8.94. The Morgan fingerprint density at radius 2 is 1.83 bits per heavy atom. The first-order valence-corrected chi connectivity index (χ1v) is 7.77. The highest BCUT2D eigenvalue weighted by Crippen LogP contribution is 2.19. The van der Waals surface area contributed by atoms with E-state index in [1.54, 1.807) is 18.2 Å². The standard InChI is InChI=1S/C18H21NO4/c1-3-13-11-16(23-15(13)4-2)18(22)19-14-8-5-12(6-9-14)7-10-17(20)21/h5-6,8-9,11H,3-4,7,10H2,1-2H3,(H,19,22)(H,20,21). The van der Waals surface area contributed by atoms with Crippen molar-refractivity contribution in [1.29, 1.82) is 0 Å². The Kier molecular flexibility index (Phi) is 5.57. The molecule has 5 heteroatoms. The second kappa shape index (κ2) is 7.63. The van der Waals surface area contributed by atoms with E-state index in [9.17, 15) is 9.59 Å². The first-order valence-electron chi connectivity index (χ1n) is 7.77. The molecule has 0 radical (unpaired) electrons. The van der Waals surface area contributed by atoms with Gasteiger partial charge in [0.15, 0.2) is 5.76 Å². The zero-order valence-corrected chi connectivity index (χ0v) is 13.4. The lowest BCUT2D eigenvalue weighted by atomic mass is 10.1. The molecule has 122 valence electrons. The van der Waals surface area contributed by atoms with Crippen molar-refractivity contribution in [2.24, 2.45) is 0 Å². The molecule has 2 N–H and O–H groups in total. The van der Waals surface area contributed by atoms with Crippen molar-refractivity contribution in [3.05, 3.63) is 53.0 Å². The molecular weight excluding hydrogens is 294 g/mol. The number of rotatable bonds is 7. The average molecular weight is 315 g/mol. The van der Waals surface area contributed by atoms with Crippen LogP contribution >= 0.6 is 0 Å². The predicted octanol–water partition coefficient (Wildman–Crippen LogP) is 3.67. The Morgan fingerprint density at radius 1 is 1.13 bits per heavy atom. The molecule has 0 bridgehead atoms. The SMILES string of the molecule is CCc1cc(C(=O)Nc2ccc(CCC(=O)O)cc2)oc1CC. The lowest BCUT2D eigenvalue weighted by molar-refractivity contribution is -0.136. The minimum absolute atomic E-state index is 0.0949. The first kappa shape index (κ1) is 16.8. The predicted molar refractivity (Wildman–Crippen MR) is 87.8 cm³/mol. The van der Waals surface area contributed by atoms with Gasteiger partial charge in [-0.2, -0.15) is 0 Å². The van der Waals surface area contributed by atoms with Gasteiger partial charge in [-0.25, -0.2) is 0 Å². The molecule has 0 aliphatic rings. The van der Waals surface area contributed by atoms with Crippen molar-refractivity contribution in [1.82, 2.24) is 0 Å². The number of aliphatic carboxylic acids is 1. The van der Waals surface area contributed by atoms with Gasteiger partial charge in [-0.05, 0) is 42.2 Å². The molecule has 2 rings (SSSR count). The quantitative estimate of drug-likeness (QED) is 0.817. The van der Waals surface area contributed by atoms with Crippen LogP contribution in [-0.2, 0) is 24.1 Å². The van der Waals surface area contributed by atoms with Crippen LogP contribution < -0.4 is 5.32 Å². The van der Waals surface area contributed by atoms with Gasteiger partial charge in [0.2, 0.25) is 0 Å². The third kappa shape index (κ3) is 4.45. The van der Waals surface area contributed by atoms with E-state index >= 15 is 0 Å². The number of anilines is 1. The van der Waals surface area contributed by atoms with E-state index in [2.05, 4.69) is 5.32 Å². The fraction of sp³-hybridized carbons (Fsp3) is 0.333. The summed E-state index contributed by atoms with van der Waals surface area (Å²) in [7, 11) is 0. The summed E-state index contributed by atoms with van der Waals surface area (Å²) in [4.78, 5) is 22.8. The number of carboxylic acid groups (broad SMARTS) is 1. The fourth-order valence-corrected chi connectivity index (χ4v) is 2.38. The van der Waals surface area contributed by atoms with E-state index < -0.39 is 5.97 Å². The number of hydrogen-bond donors (Lipinski definition) is 2. The highest BCUT2D eigenvalue weighted by molar-refractivity contribution is 6.02. The first-order chi connectivity index (χ1) is 11.0. The molecule has 0 atom stereocenters. The second-order valence-electron chi connectivity index (χ2n) is 5.31. The monoisotopic (exact) mass is 315 g/mol. The smallest absolute Gasteiger partial charge is 0.303 e. The Hall–Kier alpha value is -2.56. The molecule has 1 aromatic heterocycles. The van der Waals surface area contributed by atoms with Gasteiger partial charge in [0.1, 0.15) is 5.76 Å². The maximum Gasteiger partial charge on any atom is 0.303 e. The van der Waals surface area contributed by atoms with E-state index in [-0.39, 0.29) is 12.3 Å². The minimum atomic E-state index is -0.821. The van der Waals surface area contributed by atoms with Crippen LogP contribution in [-0.4, -0.2) is 17.0 Å². The van der Waals surface area contributed by atoms with Crippen LogP contribution in [0.3, 0.4) is 0 Å². The zero-order chi connectivity index (χ0) is 16.8. The number of carboxylic acids is 1. The van der Waals surface area contributed by atoms with Gasteiger partial charge in [-0.3, -0.25) is 9.59 Å². The topological polar surface area (TPSA) is 79.5 Å². The molecule has 0 aliphatic heterocycles. The van der Waals surface area contributed by atoms with E-state index in [0.717, 1.165) is 29.7 Å². The number of aryl methyl sites for hydroxylation is 3. The number of furan rings is 1. The van der Waals surface area contributed by atoms with Gasteiger partial charge in [-0.15, -0.1) is 0 Å². The maximum absolute atomic E-state index is 12.2. The highest BCUT2D eigenvalue weighted by Gasteiger charge is 2.15. The molecule has 5 nitrogen and oxygen atoms in total. The van der Waals surface area contributed by atoms with E-state index in [4.69, 9.17) is 9.52 Å². The third-order valence-electron chi connectivity index (χ3n) is 3.66. The molecule has 0 fully saturated rings. The molecule has 2 aromatic rings. The van der Waals surface area contributed by atoms with E-state index in [0.29, 0.717) is 17.9 Å². The van der Waals surface area contributed by atoms with Crippen LogP contribution in [0.25, 0.3) is 0 Å². The van der Waals surface area contributed by atoms with E-state index in [1.165, 1.54) is 0 Å². The molecule has 23 heavy (non-hydrogen) atoms. The summed E-state index contributed by atoms with van der Waals surface area (Å²) >= 11 is 0. The Labute approximate surface area is 135 Å². The molecule has 0 saturated carbocycles. The summed E-state index contributed by atoms with van der Waals surface area (Å²) in [5.74, 6) is 0.0617. The van der Waals surface area contributed by atoms with Gasteiger partial charge < -0.3 is 14.8 Å². The molecule has 0 spiro atoms. The lowest BCUT2D eigenvalue weighted by Gasteiger charge is -2.04. The fourth-order valence-electron chi connectivity index (χ4n) is 2.38. The molecule has 0 aliphatic carbocycles. The molecule has 0 saturated heterocycles. The summed E-state index contributed by atoms with van der Waals surface area (Å²) in [5, 5.41) is 11.5. The number of carbonyl (C=O) groups excluding carboxylic acids is 1. The van der Waals surface area contributed by atoms with Crippen molar-refractivity contribution in [2.45, 2.75) is 39.5 Å². The van der Waals surface area contributed by atoms with Crippen LogP contribution in [0, 0.1) is 0 Å². The molecule has 1 heterocycles. The van der Waals surface area contributed by atoms with Gasteiger partial charge in [-0.1, -0.05) is 26.0 Å². The van der Waals surface area contributed by atoms with Gasteiger partial charge in [0, 0.05) is 18.5 Å². The Bertz CT molecular complexity index is 664. The van der Waals surface area contributed by atoms with Gasteiger partial charge in [0.25, 0.3) is 5.91 Å². The number of amides is 1. The number of carbonyl (C=O) groups is 2. The summed E-state index contributed by atoms with van der Waals surface area (Å²) in [6.45, 7) is 4.02. The third-order valence-corrected chi connectivity index (χ3v) is 3.66. The summed E-state index contributed by atoms with van der Waals surface area (Å²) in [6.07, 6.45) is 2.16. The number of hydrogen-bond acceptors (Lipinski definition) is 3. The van der Waals surface area contributed by atoms with Crippen molar-refractivity contribution in [3.8, 4) is 0 Å². The van der Waals surface area contributed by atoms with Gasteiger partial charge >= 0.3 is 5.97 Å². The maximum atomic E-state index is 12.2. The normalized spacial score (nSPS) is 10.5. The minimum Gasteiger partial charge on any atom is -0.481 e. The van der Waals surface area contributed by atoms with Crippen LogP contribution in [0.5, 0.6) is 0 Å². The van der Waals surface area contributed by atoms with Crippen molar-refractivity contribution in [2.75, 3.05) is 5.32 Å². The van der Waals surface area contributed by atoms with Crippen molar-refractivity contribution >= 4 is 17.6 Å². The lowest BCUT2D eigenvalue weighted by Crippen LogP contribution is -2.10. The number of nitrogens with one attached hydrogen (secondary N) is 1. The van der Waals surface area contributed by atoms with Gasteiger partial charge in [0.05, 0.1) is 0 Å². The Balaban J connectivity index is 2.02. The average Bonchev–Trinajstić information content (AvgIpc) is 2.97. The highest BCUT2D eigenvalue weighted by atomic mass is 16.4. The summed E-state index contributed by atoms with van der Waals surface area (Å²) in [5.41, 5.74) is 2.63. The largest absolute Gasteiger partial charge is 0.481 e. The van der Waals surface area contributed by atoms with Crippen molar-refractivity contribution in [3.63, 3.8) is 0 Å². The van der Waals surface area contributed by atoms with Crippen LogP contribution in [0.1, 0.15) is 47.7 Å². The molecular formula is C18H21NO4. The zero-order valence-electron chi connectivity index (χ0n) is 13.4. The molecule has 1 amide bonds. The molecule has 0 unspecified atom stereocenters. The Morgan fingerprint density at radius 3 is 2.35 bits per heavy atom. The van der Waals surface area contributed by atoms with E-state index in [1.807, 2.05) is 26.0 Å². The number of benzene rings is 1. The molecule has 1 aromatic carbocycles. The van der Waals surface area contributed by atoms with Crippen LogP contribution in [0.2, 0.25) is 0 Å². The van der Waals surface area contributed by atoms with Crippen LogP contribution in [0.4, 0.5) is 5.69 Å². The summed E-state index contributed by atoms with van der Waals surface area (Å²) < 4.78 is 5.60.